The van der Waals surface area contributed by atoms with Gasteiger partial charge in [-0.05, 0) is 6.92 Å². The predicted molar refractivity (Wildman–Crippen MR) is 61.0 cm³/mol. The molecule has 1 atom stereocenters. The third kappa shape index (κ3) is 9.25. The van der Waals surface area contributed by atoms with Gasteiger partial charge in [0.2, 0.25) is 0 Å². The van der Waals surface area contributed by atoms with Crippen LogP contribution < -0.4 is 10.6 Å². The fourth-order valence-electron chi connectivity index (χ4n) is 0.896. The molecule has 2 N–H and O–H groups in total. The molecule has 0 saturated heterocycles. The van der Waals surface area contributed by atoms with Crippen molar-refractivity contribution < 1.29 is 28.6 Å². The van der Waals surface area contributed by atoms with E-state index >= 15 is 0 Å². The molecule has 0 fully saturated rings. The largest absolute Gasteiger partial charge is 0.464 e. The van der Waals surface area contributed by atoms with Gasteiger partial charge < -0.3 is 24.8 Å². The highest BCUT2D eigenvalue weighted by atomic mass is 16.6. The van der Waals surface area contributed by atoms with Crippen molar-refractivity contribution in [3.05, 3.63) is 0 Å². The van der Waals surface area contributed by atoms with Crippen LogP contribution in [0.1, 0.15) is 13.8 Å². The Kier molecular flexibility index (Phi) is 8.08. The van der Waals surface area contributed by atoms with Gasteiger partial charge in [0.1, 0.15) is 13.2 Å². The van der Waals surface area contributed by atoms with Gasteiger partial charge in [0.15, 0.2) is 0 Å². The molecule has 8 heteroatoms. The van der Waals surface area contributed by atoms with Crippen LogP contribution in [0, 0.1) is 0 Å². The van der Waals surface area contributed by atoms with Gasteiger partial charge >= 0.3 is 18.2 Å². The molecule has 104 valence electrons. The van der Waals surface area contributed by atoms with E-state index in [1.807, 2.05) is 0 Å². The summed E-state index contributed by atoms with van der Waals surface area (Å²) in [6, 6.07) is -0.352. The minimum Gasteiger partial charge on any atom is -0.464 e. The normalized spacial score (nSPS) is 11.1. The van der Waals surface area contributed by atoms with E-state index in [9.17, 15) is 14.4 Å². The molecule has 0 bridgehead atoms. The molecule has 0 radical (unpaired) electrons. The highest BCUT2D eigenvalue weighted by Gasteiger charge is 2.09. The van der Waals surface area contributed by atoms with Crippen molar-refractivity contribution in [3.63, 3.8) is 0 Å². The molecule has 0 saturated carbocycles. The third-order valence-corrected chi connectivity index (χ3v) is 1.69. The number of alkyl carbamates (subject to hydrolysis) is 2. The summed E-state index contributed by atoms with van der Waals surface area (Å²) in [4.78, 5) is 32.4. The quantitative estimate of drug-likeness (QED) is 0.397. The standard InChI is InChI=1S/C10H18N2O6/c1-7(6-18-8(2)13)12-10(15)17-5-4-11-9(14)16-3/h7H,4-6H2,1-3H3,(H,11,14)(H,12,15)/t7-/m1/s1. The second kappa shape index (κ2) is 9.08. The Morgan fingerprint density at radius 1 is 1.17 bits per heavy atom. The number of nitrogens with one attached hydrogen (secondary N) is 2. The molecule has 0 aliphatic carbocycles. The number of rotatable bonds is 6. The van der Waals surface area contributed by atoms with Crippen LogP contribution >= 0.6 is 0 Å². The molecule has 0 aromatic carbocycles. The Balaban J connectivity index is 3.58. The number of carbonyl (C=O) groups excluding carboxylic acids is 3. The molecule has 2 amide bonds. The molecule has 0 unspecified atom stereocenters. The van der Waals surface area contributed by atoms with E-state index in [0.29, 0.717) is 0 Å². The summed E-state index contributed by atoms with van der Waals surface area (Å²) in [7, 11) is 1.24. The van der Waals surface area contributed by atoms with Crippen molar-refractivity contribution in [1.29, 1.82) is 0 Å². The van der Waals surface area contributed by atoms with Crippen molar-refractivity contribution in [2.45, 2.75) is 19.9 Å². The van der Waals surface area contributed by atoms with Crippen LogP contribution in [0.2, 0.25) is 0 Å². The van der Waals surface area contributed by atoms with Gasteiger partial charge in [0.25, 0.3) is 0 Å². The summed E-state index contributed by atoms with van der Waals surface area (Å²) < 4.78 is 13.8. The zero-order valence-corrected chi connectivity index (χ0v) is 10.6. The summed E-state index contributed by atoms with van der Waals surface area (Å²) in [5, 5.41) is 4.80. The number of amides is 2. The van der Waals surface area contributed by atoms with Crippen LogP contribution in [-0.2, 0) is 19.0 Å². The maximum absolute atomic E-state index is 11.2. The highest BCUT2D eigenvalue weighted by molar-refractivity contribution is 5.68. The summed E-state index contributed by atoms with van der Waals surface area (Å²) in [5.74, 6) is -0.417. The lowest BCUT2D eigenvalue weighted by Gasteiger charge is -2.13. The maximum atomic E-state index is 11.2. The van der Waals surface area contributed by atoms with E-state index < -0.39 is 18.2 Å². The highest BCUT2D eigenvalue weighted by Crippen LogP contribution is 1.87. The first-order valence-corrected chi connectivity index (χ1v) is 5.34. The van der Waals surface area contributed by atoms with Gasteiger partial charge in [-0.15, -0.1) is 0 Å². The number of hydrogen-bond acceptors (Lipinski definition) is 6. The number of methoxy groups -OCH3 is 1. The molecule has 0 rings (SSSR count). The van der Waals surface area contributed by atoms with Crippen molar-refractivity contribution in [1.82, 2.24) is 10.6 Å². The van der Waals surface area contributed by atoms with E-state index in [1.165, 1.54) is 14.0 Å². The molecule has 0 aromatic rings. The van der Waals surface area contributed by atoms with E-state index in [1.54, 1.807) is 6.92 Å². The second-order valence-corrected chi connectivity index (χ2v) is 3.40. The van der Waals surface area contributed by atoms with Crippen molar-refractivity contribution in [2.75, 3.05) is 26.9 Å². The van der Waals surface area contributed by atoms with Crippen LogP contribution in [0.25, 0.3) is 0 Å². The Morgan fingerprint density at radius 3 is 2.39 bits per heavy atom. The molecule has 0 aromatic heterocycles. The molecule has 18 heavy (non-hydrogen) atoms. The van der Waals surface area contributed by atoms with Gasteiger partial charge in [-0.25, -0.2) is 9.59 Å². The maximum Gasteiger partial charge on any atom is 0.407 e. The molecule has 0 heterocycles. The van der Waals surface area contributed by atoms with Gasteiger partial charge in [0, 0.05) is 6.92 Å². The van der Waals surface area contributed by atoms with Crippen LogP contribution in [0.3, 0.4) is 0 Å². The molecule has 8 nitrogen and oxygen atoms in total. The smallest absolute Gasteiger partial charge is 0.407 e. The lowest BCUT2D eigenvalue weighted by molar-refractivity contribution is -0.141. The predicted octanol–water partition coefficient (Wildman–Crippen LogP) is 0.0202. The Labute approximate surface area is 105 Å². The lowest BCUT2D eigenvalue weighted by Crippen LogP contribution is -2.38. The topological polar surface area (TPSA) is 103 Å². The van der Waals surface area contributed by atoms with Crippen LogP contribution in [0.15, 0.2) is 0 Å². The van der Waals surface area contributed by atoms with Crippen LogP contribution in [-0.4, -0.2) is 51.1 Å². The van der Waals surface area contributed by atoms with E-state index in [4.69, 9.17) is 9.47 Å². The minimum absolute atomic E-state index is 0.0151. The third-order valence-electron chi connectivity index (χ3n) is 1.69. The summed E-state index contributed by atoms with van der Waals surface area (Å²) >= 11 is 0. The molecule has 0 spiro atoms. The van der Waals surface area contributed by atoms with Gasteiger partial charge in [-0.2, -0.15) is 0 Å². The first kappa shape index (κ1) is 16.0. The molecule has 0 aliphatic rings. The van der Waals surface area contributed by atoms with Gasteiger partial charge in [-0.1, -0.05) is 0 Å². The average molecular weight is 262 g/mol. The fraction of sp³-hybridized carbons (Fsp3) is 0.700. The number of esters is 1. The van der Waals surface area contributed by atoms with E-state index in [-0.39, 0.29) is 25.8 Å². The summed E-state index contributed by atoms with van der Waals surface area (Å²) in [6.07, 6.45) is -1.25. The van der Waals surface area contributed by atoms with Crippen LogP contribution in [0.5, 0.6) is 0 Å². The molecular formula is C10H18N2O6. The van der Waals surface area contributed by atoms with Crippen LogP contribution in [0.4, 0.5) is 9.59 Å². The van der Waals surface area contributed by atoms with Crippen molar-refractivity contribution >= 4 is 18.2 Å². The van der Waals surface area contributed by atoms with Gasteiger partial charge in [0.05, 0.1) is 19.7 Å². The van der Waals surface area contributed by atoms with Crippen molar-refractivity contribution in [2.24, 2.45) is 0 Å². The lowest BCUT2D eigenvalue weighted by atomic mass is 10.4. The summed E-state index contributed by atoms with van der Waals surface area (Å²) in [5.41, 5.74) is 0. The molecular weight excluding hydrogens is 244 g/mol. The zero-order valence-electron chi connectivity index (χ0n) is 10.6. The zero-order chi connectivity index (χ0) is 14.0. The first-order valence-electron chi connectivity index (χ1n) is 5.34. The van der Waals surface area contributed by atoms with Crippen molar-refractivity contribution in [3.8, 4) is 0 Å². The Bertz CT molecular complexity index is 294. The minimum atomic E-state index is -0.652. The monoisotopic (exact) mass is 262 g/mol. The Hall–Kier alpha value is -1.99. The first-order chi connectivity index (χ1) is 8.45. The Morgan fingerprint density at radius 2 is 1.83 bits per heavy atom. The second-order valence-electron chi connectivity index (χ2n) is 3.40. The number of carbonyl (C=O) groups is 3. The number of ether oxygens (including phenoxy) is 3. The molecule has 0 aliphatic heterocycles. The number of hydrogen-bond donors (Lipinski definition) is 2. The van der Waals surface area contributed by atoms with E-state index in [2.05, 4.69) is 15.4 Å². The fourth-order valence-corrected chi connectivity index (χ4v) is 0.896. The SMILES string of the molecule is COC(=O)NCCOC(=O)N[C@H](C)COC(C)=O. The average Bonchev–Trinajstić information content (AvgIpc) is 2.31. The van der Waals surface area contributed by atoms with E-state index in [0.717, 1.165) is 0 Å². The summed E-state index contributed by atoms with van der Waals surface area (Å²) in [6.45, 7) is 3.19. The van der Waals surface area contributed by atoms with Gasteiger partial charge in [-0.3, -0.25) is 4.79 Å².